The second kappa shape index (κ2) is 16.4. The fourth-order valence-electron chi connectivity index (χ4n) is 7.43. The molecule has 5 atom stereocenters. The topological polar surface area (TPSA) is 120 Å². The van der Waals surface area contributed by atoms with Crippen molar-refractivity contribution in [2.24, 2.45) is 11.3 Å². The summed E-state index contributed by atoms with van der Waals surface area (Å²) >= 11 is 0. The molecule has 11 heteroatoms. The van der Waals surface area contributed by atoms with Gasteiger partial charge in [0.1, 0.15) is 18.1 Å². The summed E-state index contributed by atoms with van der Waals surface area (Å²) in [6, 6.07) is -2.47. The summed E-state index contributed by atoms with van der Waals surface area (Å²) in [5.41, 5.74) is -0.0917. The van der Waals surface area contributed by atoms with Crippen molar-refractivity contribution in [1.29, 1.82) is 0 Å². The summed E-state index contributed by atoms with van der Waals surface area (Å²) in [6.45, 7) is 17.6. The van der Waals surface area contributed by atoms with Gasteiger partial charge in [-0.05, 0) is 83.6 Å². The van der Waals surface area contributed by atoms with Gasteiger partial charge in [-0.3, -0.25) is 24.1 Å². The van der Waals surface area contributed by atoms with Gasteiger partial charge in [0.2, 0.25) is 23.6 Å². The smallest absolute Gasteiger partial charge is 0.328 e. The Morgan fingerprint density at radius 2 is 1.40 bits per heavy atom. The van der Waals surface area contributed by atoms with Crippen molar-refractivity contribution in [3.05, 3.63) is 11.6 Å². The zero-order valence-electron chi connectivity index (χ0n) is 30.6. The second-order valence-electron chi connectivity index (χ2n) is 15.4. The first-order valence-corrected chi connectivity index (χ1v) is 17.7. The SMILES string of the molecule is COC(=O)[C@@H]1CCCCN1C(=O)C1CCCN1C(=O)/C(C)=C/[C@H](C(C)C)N(C)C(=O)C(NC(=O)[C@H]1CCCCN1C(C)C)C(C)(C)C. The van der Waals surface area contributed by atoms with Gasteiger partial charge in [0, 0.05) is 31.8 Å². The van der Waals surface area contributed by atoms with E-state index < -0.39 is 35.6 Å². The third kappa shape index (κ3) is 9.15. The van der Waals surface area contributed by atoms with E-state index in [0.717, 1.165) is 38.6 Å². The van der Waals surface area contributed by atoms with Gasteiger partial charge >= 0.3 is 5.97 Å². The quantitative estimate of drug-likeness (QED) is 0.280. The number of likely N-dealkylation sites (N-methyl/N-ethyl adjacent to an activating group) is 1. The summed E-state index contributed by atoms with van der Waals surface area (Å²) in [5, 5.41) is 3.13. The molecule has 266 valence electrons. The molecule has 4 amide bonds. The Morgan fingerprint density at radius 3 is 1.98 bits per heavy atom. The third-order valence-electron chi connectivity index (χ3n) is 10.2. The lowest BCUT2D eigenvalue weighted by molar-refractivity contribution is -0.157. The molecule has 0 aromatic rings. The van der Waals surface area contributed by atoms with E-state index in [9.17, 15) is 24.0 Å². The van der Waals surface area contributed by atoms with Crippen LogP contribution in [0, 0.1) is 11.3 Å². The van der Waals surface area contributed by atoms with Crippen molar-refractivity contribution in [2.45, 2.75) is 143 Å². The predicted octanol–water partition coefficient (Wildman–Crippen LogP) is 3.75. The van der Waals surface area contributed by atoms with E-state index in [1.165, 1.54) is 7.11 Å². The first-order valence-electron chi connectivity index (χ1n) is 17.7. The monoisotopic (exact) mass is 659 g/mol. The molecule has 3 aliphatic rings. The molecule has 3 saturated heterocycles. The highest BCUT2D eigenvalue weighted by atomic mass is 16.5. The minimum absolute atomic E-state index is 0.0250. The molecule has 11 nitrogen and oxygen atoms in total. The number of piperidine rings is 2. The Bertz CT molecular complexity index is 1180. The molecule has 0 bridgehead atoms. The summed E-state index contributed by atoms with van der Waals surface area (Å²) < 4.78 is 4.98. The molecule has 0 aromatic carbocycles. The van der Waals surface area contributed by atoms with E-state index in [-0.39, 0.29) is 41.6 Å². The van der Waals surface area contributed by atoms with Gasteiger partial charge in [0.05, 0.1) is 19.2 Å². The van der Waals surface area contributed by atoms with E-state index in [2.05, 4.69) is 24.1 Å². The standard InChI is InChI=1S/C36H61N5O6/c1-23(2)29(38(9)34(45)30(36(6,7)8)37-31(42)26-16-11-13-19-39(26)24(3)4)22-25(5)32(43)40-21-15-18-27(40)33(44)41-20-14-12-17-28(41)35(46)47-10/h22-24,26-30H,11-21H2,1-10H3,(H,37,42)/b25-22+/t26-,27?,28+,29-,30?/m1/s1. The highest BCUT2D eigenvalue weighted by molar-refractivity contribution is 5.98. The predicted molar refractivity (Wildman–Crippen MR) is 182 cm³/mol. The van der Waals surface area contributed by atoms with Crippen LogP contribution in [-0.4, -0.2) is 119 Å². The number of likely N-dealkylation sites (tertiary alicyclic amines) is 3. The number of esters is 1. The fraction of sp³-hybridized carbons (Fsp3) is 0.806. The molecule has 2 unspecified atom stereocenters. The minimum atomic E-state index is -0.755. The van der Waals surface area contributed by atoms with Crippen molar-refractivity contribution in [2.75, 3.05) is 33.8 Å². The van der Waals surface area contributed by atoms with Crippen LogP contribution >= 0.6 is 0 Å². The van der Waals surface area contributed by atoms with Crippen molar-refractivity contribution >= 4 is 29.6 Å². The maximum atomic E-state index is 14.2. The van der Waals surface area contributed by atoms with Gasteiger partial charge in [-0.1, -0.05) is 47.1 Å². The van der Waals surface area contributed by atoms with E-state index >= 15 is 0 Å². The van der Waals surface area contributed by atoms with Crippen LogP contribution in [0.15, 0.2) is 11.6 Å². The molecule has 1 N–H and O–H groups in total. The van der Waals surface area contributed by atoms with Gasteiger partial charge in [0.25, 0.3) is 0 Å². The van der Waals surface area contributed by atoms with Crippen molar-refractivity contribution in [3.63, 3.8) is 0 Å². The Labute approximate surface area is 282 Å². The average Bonchev–Trinajstić information content (AvgIpc) is 3.53. The number of nitrogens with one attached hydrogen (secondary N) is 1. The van der Waals surface area contributed by atoms with E-state index in [1.807, 2.05) is 40.7 Å². The first-order chi connectivity index (χ1) is 22.0. The van der Waals surface area contributed by atoms with Gasteiger partial charge in [-0.2, -0.15) is 0 Å². The lowest BCUT2D eigenvalue weighted by Crippen LogP contribution is -2.60. The van der Waals surface area contributed by atoms with Crippen LogP contribution in [-0.2, 0) is 28.7 Å². The maximum Gasteiger partial charge on any atom is 0.328 e. The van der Waals surface area contributed by atoms with Crippen molar-refractivity contribution < 1.29 is 28.7 Å². The van der Waals surface area contributed by atoms with Gasteiger partial charge in [-0.25, -0.2) is 4.79 Å². The molecule has 3 rings (SSSR count). The molecule has 47 heavy (non-hydrogen) atoms. The average molecular weight is 660 g/mol. The number of ether oxygens (including phenoxy) is 1. The summed E-state index contributed by atoms with van der Waals surface area (Å²) in [5.74, 6) is -1.21. The first kappa shape index (κ1) is 38.5. The van der Waals surface area contributed by atoms with Crippen LogP contribution in [0.3, 0.4) is 0 Å². The molecule has 0 aliphatic carbocycles. The number of carbonyl (C=O) groups is 5. The lowest BCUT2D eigenvalue weighted by Gasteiger charge is -2.41. The normalized spacial score (nSPS) is 24.3. The van der Waals surface area contributed by atoms with E-state index in [4.69, 9.17) is 4.74 Å². The Hall–Kier alpha value is -2.95. The van der Waals surface area contributed by atoms with Crippen LogP contribution in [0.5, 0.6) is 0 Å². The highest BCUT2D eigenvalue weighted by Crippen LogP contribution is 2.28. The number of hydrogen-bond acceptors (Lipinski definition) is 7. The Balaban J connectivity index is 1.80. The van der Waals surface area contributed by atoms with Crippen LogP contribution < -0.4 is 5.32 Å². The van der Waals surface area contributed by atoms with E-state index in [0.29, 0.717) is 37.9 Å². The molecular weight excluding hydrogens is 598 g/mol. The highest BCUT2D eigenvalue weighted by Gasteiger charge is 2.43. The summed E-state index contributed by atoms with van der Waals surface area (Å²) in [6.07, 6.45) is 8.08. The fourth-order valence-corrected chi connectivity index (χ4v) is 7.43. The number of carbonyl (C=O) groups excluding carboxylic acids is 5. The lowest BCUT2D eigenvalue weighted by atomic mass is 9.84. The van der Waals surface area contributed by atoms with Crippen LogP contribution in [0.2, 0.25) is 0 Å². The van der Waals surface area contributed by atoms with E-state index in [1.54, 1.807) is 28.7 Å². The maximum absolute atomic E-state index is 14.2. The number of hydrogen-bond donors (Lipinski definition) is 1. The Kier molecular flexibility index (Phi) is 13.5. The zero-order valence-corrected chi connectivity index (χ0v) is 30.6. The van der Waals surface area contributed by atoms with Gasteiger partial charge in [0.15, 0.2) is 0 Å². The molecule has 0 spiro atoms. The molecule has 0 radical (unpaired) electrons. The number of rotatable bonds is 10. The molecular formula is C36H61N5O6. The Morgan fingerprint density at radius 1 is 0.830 bits per heavy atom. The van der Waals surface area contributed by atoms with Crippen LogP contribution in [0.4, 0.5) is 0 Å². The van der Waals surface area contributed by atoms with Crippen LogP contribution in [0.25, 0.3) is 0 Å². The van der Waals surface area contributed by atoms with Gasteiger partial charge < -0.3 is 24.8 Å². The zero-order chi connectivity index (χ0) is 35.2. The summed E-state index contributed by atoms with van der Waals surface area (Å²) in [7, 11) is 3.07. The molecule has 3 heterocycles. The minimum Gasteiger partial charge on any atom is -0.467 e. The molecule has 3 fully saturated rings. The van der Waals surface area contributed by atoms with Crippen molar-refractivity contribution in [3.8, 4) is 0 Å². The van der Waals surface area contributed by atoms with Crippen LogP contribution in [0.1, 0.15) is 107 Å². The van der Waals surface area contributed by atoms with Gasteiger partial charge in [-0.15, -0.1) is 0 Å². The number of methoxy groups -OCH3 is 1. The van der Waals surface area contributed by atoms with Crippen molar-refractivity contribution in [1.82, 2.24) is 24.9 Å². The summed E-state index contributed by atoms with van der Waals surface area (Å²) in [4.78, 5) is 75.0. The molecule has 0 saturated carbocycles. The molecule has 0 aromatic heterocycles. The largest absolute Gasteiger partial charge is 0.467 e. The third-order valence-corrected chi connectivity index (χ3v) is 10.2. The molecule has 3 aliphatic heterocycles. The number of nitrogens with zero attached hydrogens (tertiary/aromatic N) is 4. The second-order valence-corrected chi connectivity index (χ2v) is 15.4. The number of amides is 4.